The number of rotatable bonds is 6. The van der Waals surface area contributed by atoms with E-state index < -0.39 is 31.0 Å². The quantitative estimate of drug-likeness (QED) is 0.296. The van der Waals surface area contributed by atoms with Gasteiger partial charge in [-0.1, -0.05) is 0 Å². The van der Waals surface area contributed by atoms with E-state index in [1.54, 1.807) is 7.05 Å². The molecule has 0 amide bonds. The van der Waals surface area contributed by atoms with Crippen LogP contribution in [0.2, 0.25) is 0 Å². The van der Waals surface area contributed by atoms with Crippen LogP contribution < -0.4 is 5.32 Å². The second-order valence-electron chi connectivity index (χ2n) is 2.86. The Kier molecular flexibility index (Phi) is 10.6. The summed E-state index contributed by atoms with van der Waals surface area (Å²) < 4.78 is 0. The van der Waals surface area contributed by atoms with Gasteiger partial charge < -0.3 is 30.8 Å². The number of halogens is 1. The van der Waals surface area contributed by atoms with E-state index in [-0.39, 0.29) is 30.5 Å². The van der Waals surface area contributed by atoms with Crippen molar-refractivity contribution in [3.05, 3.63) is 0 Å². The van der Waals surface area contributed by atoms with E-state index in [0.29, 0.717) is 0 Å². The van der Waals surface area contributed by atoms with Crippen molar-refractivity contribution in [3.63, 3.8) is 0 Å². The van der Waals surface area contributed by atoms with Crippen LogP contribution >= 0.6 is 24.0 Å². The Labute approximate surface area is 99.6 Å². The van der Waals surface area contributed by atoms with Gasteiger partial charge in [-0.05, 0) is 7.05 Å². The van der Waals surface area contributed by atoms with Gasteiger partial charge >= 0.3 is 0 Å². The van der Waals surface area contributed by atoms with Gasteiger partial charge in [-0.15, -0.1) is 24.0 Å². The van der Waals surface area contributed by atoms with Crippen molar-refractivity contribution in [1.29, 1.82) is 0 Å². The van der Waals surface area contributed by atoms with E-state index in [1.165, 1.54) is 0 Å². The molecule has 7 heteroatoms. The van der Waals surface area contributed by atoms with Crippen LogP contribution in [0.15, 0.2) is 0 Å². The smallest absolute Gasteiger partial charge is 0.111 e. The lowest BCUT2D eigenvalue weighted by Gasteiger charge is -2.25. The van der Waals surface area contributed by atoms with Crippen LogP contribution in [0.1, 0.15) is 0 Å². The van der Waals surface area contributed by atoms with Crippen molar-refractivity contribution >= 4 is 24.0 Å². The highest BCUT2D eigenvalue weighted by Gasteiger charge is 2.29. The number of hydrogen-bond donors (Lipinski definition) is 6. The molecule has 6 N–H and O–H groups in total. The minimum absolute atomic E-state index is 0. The molecule has 0 aliphatic rings. The first kappa shape index (κ1) is 16.9. The van der Waals surface area contributed by atoms with Gasteiger partial charge in [0.1, 0.15) is 18.3 Å². The second kappa shape index (κ2) is 8.77. The fourth-order valence-electron chi connectivity index (χ4n) is 0.893. The average Bonchev–Trinajstić information content (AvgIpc) is 2.14. The normalized spacial score (nSPS) is 19.3. The summed E-state index contributed by atoms with van der Waals surface area (Å²) in [5.41, 5.74) is 0. The summed E-state index contributed by atoms with van der Waals surface area (Å²) >= 11 is 0. The summed E-state index contributed by atoms with van der Waals surface area (Å²) in [5, 5.41) is 47.5. The van der Waals surface area contributed by atoms with Gasteiger partial charge in [0.15, 0.2) is 0 Å². The van der Waals surface area contributed by atoms with Crippen molar-refractivity contribution in [2.75, 3.05) is 20.2 Å². The minimum Gasteiger partial charge on any atom is -0.394 e. The zero-order chi connectivity index (χ0) is 10.4. The number of hydrogen-bond acceptors (Lipinski definition) is 6. The van der Waals surface area contributed by atoms with Gasteiger partial charge in [0.2, 0.25) is 0 Å². The molecule has 0 aliphatic heterocycles. The highest BCUT2D eigenvalue weighted by molar-refractivity contribution is 14.0. The van der Waals surface area contributed by atoms with Crippen molar-refractivity contribution in [2.45, 2.75) is 24.4 Å². The Morgan fingerprint density at radius 3 is 1.79 bits per heavy atom. The van der Waals surface area contributed by atoms with Crippen molar-refractivity contribution < 1.29 is 25.5 Å². The average molecular weight is 323 g/mol. The van der Waals surface area contributed by atoms with E-state index in [2.05, 4.69) is 5.32 Å². The summed E-state index contributed by atoms with van der Waals surface area (Å²) in [6, 6.07) is 0. The van der Waals surface area contributed by atoms with E-state index >= 15 is 0 Å². The zero-order valence-corrected chi connectivity index (χ0v) is 10.2. The maximum absolute atomic E-state index is 9.21. The lowest BCUT2D eigenvalue weighted by molar-refractivity contribution is -0.113. The Hall–Kier alpha value is 0.490. The third kappa shape index (κ3) is 5.39. The van der Waals surface area contributed by atoms with Crippen LogP contribution in [0.5, 0.6) is 0 Å². The lowest BCUT2D eigenvalue weighted by atomic mass is 10.0. The SMILES string of the molecule is CNC[C@H](O)[C@H](O)[C@@H](O)[C@@H](O)CO.I. The van der Waals surface area contributed by atoms with Gasteiger partial charge in [0.25, 0.3) is 0 Å². The molecule has 0 heterocycles. The van der Waals surface area contributed by atoms with Crippen LogP contribution in [-0.4, -0.2) is 70.1 Å². The molecular formula is C7H18INO5. The molecule has 0 aromatic carbocycles. The second-order valence-corrected chi connectivity index (χ2v) is 2.86. The van der Waals surface area contributed by atoms with Gasteiger partial charge in [0.05, 0.1) is 12.7 Å². The molecule has 0 bridgehead atoms. The highest BCUT2D eigenvalue weighted by atomic mass is 127. The monoisotopic (exact) mass is 323 g/mol. The van der Waals surface area contributed by atoms with Crippen LogP contribution in [0, 0.1) is 0 Å². The molecule has 0 aliphatic carbocycles. The predicted molar refractivity (Wildman–Crippen MR) is 60.5 cm³/mol. The molecule has 0 aromatic rings. The molecule has 88 valence electrons. The maximum Gasteiger partial charge on any atom is 0.111 e. The van der Waals surface area contributed by atoms with Gasteiger partial charge in [-0.2, -0.15) is 0 Å². The van der Waals surface area contributed by atoms with Crippen molar-refractivity contribution in [1.82, 2.24) is 5.32 Å². The number of aliphatic hydroxyl groups is 5. The Morgan fingerprint density at radius 2 is 1.43 bits per heavy atom. The molecule has 0 fully saturated rings. The molecule has 0 saturated carbocycles. The summed E-state index contributed by atoms with van der Waals surface area (Å²) in [7, 11) is 1.57. The molecule has 0 rings (SSSR count). The van der Waals surface area contributed by atoms with E-state index in [0.717, 1.165) is 0 Å². The van der Waals surface area contributed by atoms with E-state index in [4.69, 9.17) is 20.4 Å². The summed E-state index contributed by atoms with van der Waals surface area (Å²) in [4.78, 5) is 0. The summed E-state index contributed by atoms with van der Waals surface area (Å²) in [6.45, 7) is -0.569. The predicted octanol–water partition coefficient (Wildman–Crippen LogP) is -2.74. The topological polar surface area (TPSA) is 113 Å². The van der Waals surface area contributed by atoms with Gasteiger partial charge in [-0.25, -0.2) is 0 Å². The van der Waals surface area contributed by atoms with E-state index in [1.807, 2.05) is 0 Å². The fraction of sp³-hybridized carbons (Fsp3) is 1.00. The first-order valence-electron chi connectivity index (χ1n) is 4.02. The van der Waals surface area contributed by atoms with Crippen LogP contribution in [0.3, 0.4) is 0 Å². The molecule has 0 spiro atoms. The molecule has 4 atom stereocenters. The number of aliphatic hydroxyl groups excluding tert-OH is 5. The lowest BCUT2D eigenvalue weighted by Crippen LogP contribution is -2.48. The highest BCUT2D eigenvalue weighted by Crippen LogP contribution is 2.04. The van der Waals surface area contributed by atoms with Gasteiger partial charge in [0, 0.05) is 6.54 Å². The minimum atomic E-state index is -1.55. The Bertz CT molecular complexity index is 139. The molecule has 0 aromatic heterocycles. The Morgan fingerprint density at radius 1 is 1.00 bits per heavy atom. The first-order chi connectivity index (χ1) is 6.04. The summed E-state index contributed by atoms with van der Waals surface area (Å²) in [5.74, 6) is 0. The molecule has 0 radical (unpaired) electrons. The molecule has 14 heavy (non-hydrogen) atoms. The summed E-state index contributed by atoms with van der Waals surface area (Å²) in [6.07, 6.45) is -5.65. The van der Waals surface area contributed by atoms with E-state index in [9.17, 15) is 5.11 Å². The Balaban J connectivity index is 0. The van der Waals surface area contributed by atoms with Crippen LogP contribution in [-0.2, 0) is 0 Å². The number of nitrogens with one attached hydrogen (secondary N) is 1. The zero-order valence-electron chi connectivity index (χ0n) is 7.87. The molecular weight excluding hydrogens is 305 g/mol. The standard InChI is InChI=1S/C7H17NO5.HI/c1-8-2-4(10)6(12)7(13)5(11)3-9;/h4-13H,2-3H2,1H3;1H/t4-,5-,6-,7-;/m0./s1. The molecule has 6 nitrogen and oxygen atoms in total. The maximum atomic E-state index is 9.21. The third-order valence-electron chi connectivity index (χ3n) is 1.74. The fourth-order valence-corrected chi connectivity index (χ4v) is 0.893. The van der Waals surface area contributed by atoms with Gasteiger partial charge in [-0.3, -0.25) is 0 Å². The molecule has 0 saturated heterocycles. The van der Waals surface area contributed by atoms with Crippen molar-refractivity contribution in [2.24, 2.45) is 0 Å². The largest absolute Gasteiger partial charge is 0.394 e. The third-order valence-corrected chi connectivity index (χ3v) is 1.74. The van der Waals surface area contributed by atoms with Crippen LogP contribution in [0.4, 0.5) is 0 Å². The number of likely N-dealkylation sites (N-methyl/N-ethyl adjacent to an activating group) is 1. The first-order valence-corrected chi connectivity index (χ1v) is 4.02. The van der Waals surface area contributed by atoms with Crippen molar-refractivity contribution in [3.8, 4) is 0 Å². The molecule has 0 unspecified atom stereocenters. The van der Waals surface area contributed by atoms with Crippen LogP contribution in [0.25, 0.3) is 0 Å².